The number of rotatable bonds is 6. The van der Waals surface area contributed by atoms with Gasteiger partial charge in [0.05, 0.1) is 5.69 Å². The molecule has 32 heavy (non-hydrogen) atoms. The van der Waals surface area contributed by atoms with Crippen molar-refractivity contribution in [2.45, 2.75) is 6.92 Å². The van der Waals surface area contributed by atoms with E-state index in [1.165, 1.54) is 6.08 Å². The van der Waals surface area contributed by atoms with Crippen LogP contribution in [0.3, 0.4) is 0 Å². The summed E-state index contributed by atoms with van der Waals surface area (Å²) >= 11 is 0. The van der Waals surface area contributed by atoms with Crippen molar-refractivity contribution in [2.75, 3.05) is 16.8 Å². The molecule has 1 fully saturated rings. The standard InChI is InChI=1S/C25H21N3O4/c1-17-11-13-19(14-12-17)26-23(29)16-32-22-10-6-5-7-18(22)15-21-24(30)28(25(31)27-21)20-8-3-2-4-9-20/h2-15H,16H2,1H3,(H,26,29)(H,27,31). The topological polar surface area (TPSA) is 87.7 Å². The lowest BCUT2D eigenvalue weighted by Gasteiger charge is -2.11. The number of imide groups is 1. The average Bonchev–Trinajstić information content (AvgIpc) is 3.08. The lowest BCUT2D eigenvalue weighted by atomic mass is 10.1. The van der Waals surface area contributed by atoms with Crippen molar-refractivity contribution < 1.29 is 19.1 Å². The van der Waals surface area contributed by atoms with Crippen molar-refractivity contribution in [3.8, 4) is 5.75 Å². The van der Waals surface area contributed by atoms with Gasteiger partial charge in [0.15, 0.2) is 6.61 Å². The van der Waals surface area contributed by atoms with Crippen molar-refractivity contribution in [2.24, 2.45) is 0 Å². The van der Waals surface area contributed by atoms with E-state index < -0.39 is 11.9 Å². The Morgan fingerprint density at radius 1 is 0.969 bits per heavy atom. The third-order valence-electron chi connectivity index (χ3n) is 4.81. The molecule has 2 N–H and O–H groups in total. The molecule has 1 saturated heterocycles. The van der Waals surface area contributed by atoms with Gasteiger partial charge < -0.3 is 15.4 Å². The summed E-state index contributed by atoms with van der Waals surface area (Å²) in [7, 11) is 0. The molecular weight excluding hydrogens is 406 g/mol. The van der Waals surface area contributed by atoms with Crippen LogP contribution in [0.15, 0.2) is 84.6 Å². The van der Waals surface area contributed by atoms with E-state index in [1.54, 1.807) is 54.6 Å². The van der Waals surface area contributed by atoms with Crippen LogP contribution >= 0.6 is 0 Å². The van der Waals surface area contributed by atoms with Gasteiger partial charge in [-0.1, -0.05) is 54.1 Å². The second kappa shape index (κ2) is 9.18. The van der Waals surface area contributed by atoms with Crippen molar-refractivity contribution in [1.82, 2.24) is 5.32 Å². The fraction of sp³-hybridized carbons (Fsp3) is 0.0800. The van der Waals surface area contributed by atoms with Crippen molar-refractivity contribution in [1.29, 1.82) is 0 Å². The normalized spacial score (nSPS) is 14.4. The molecular formula is C25H21N3O4. The Kier molecular flexibility index (Phi) is 5.98. The highest BCUT2D eigenvalue weighted by molar-refractivity contribution is 6.28. The molecule has 0 atom stereocenters. The molecule has 7 nitrogen and oxygen atoms in total. The summed E-state index contributed by atoms with van der Waals surface area (Å²) in [6.07, 6.45) is 1.54. The summed E-state index contributed by atoms with van der Waals surface area (Å²) in [6.45, 7) is 1.77. The van der Waals surface area contributed by atoms with Crippen LogP contribution in [-0.4, -0.2) is 24.5 Å². The SMILES string of the molecule is Cc1ccc(NC(=O)COc2ccccc2C=C2NC(=O)N(c3ccccc3)C2=O)cc1. The maximum atomic E-state index is 12.8. The maximum absolute atomic E-state index is 12.8. The Morgan fingerprint density at radius 3 is 2.41 bits per heavy atom. The minimum Gasteiger partial charge on any atom is -0.483 e. The molecule has 4 rings (SSSR count). The number of carbonyl (C=O) groups excluding carboxylic acids is 3. The molecule has 160 valence electrons. The predicted octanol–water partition coefficient (Wildman–Crippen LogP) is 4.11. The van der Waals surface area contributed by atoms with Crippen LogP contribution in [0.5, 0.6) is 5.75 Å². The highest BCUT2D eigenvalue weighted by atomic mass is 16.5. The molecule has 4 amide bonds. The van der Waals surface area contributed by atoms with Gasteiger partial charge in [-0.2, -0.15) is 0 Å². The number of anilines is 2. The number of hydrogen-bond donors (Lipinski definition) is 2. The third kappa shape index (κ3) is 4.67. The van der Waals surface area contributed by atoms with E-state index in [4.69, 9.17) is 4.74 Å². The maximum Gasteiger partial charge on any atom is 0.333 e. The summed E-state index contributed by atoms with van der Waals surface area (Å²) in [5, 5.41) is 5.37. The van der Waals surface area contributed by atoms with Crippen LogP contribution in [0.4, 0.5) is 16.2 Å². The molecule has 7 heteroatoms. The number of amides is 4. The van der Waals surface area contributed by atoms with Gasteiger partial charge in [0.1, 0.15) is 11.4 Å². The molecule has 0 aliphatic carbocycles. The van der Waals surface area contributed by atoms with Gasteiger partial charge in [-0.25, -0.2) is 9.69 Å². The second-order valence-electron chi connectivity index (χ2n) is 7.20. The summed E-state index contributed by atoms with van der Waals surface area (Å²) in [6, 6.07) is 22.6. The number of ether oxygens (including phenoxy) is 1. The van der Waals surface area contributed by atoms with Crippen molar-refractivity contribution in [3.05, 3.63) is 95.7 Å². The van der Waals surface area contributed by atoms with Crippen molar-refractivity contribution >= 4 is 35.3 Å². The van der Waals surface area contributed by atoms with Gasteiger partial charge in [-0.15, -0.1) is 0 Å². The second-order valence-corrected chi connectivity index (χ2v) is 7.20. The molecule has 0 radical (unpaired) electrons. The van der Waals surface area contributed by atoms with Gasteiger partial charge >= 0.3 is 6.03 Å². The molecule has 3 aromatic carbocycles. The van der Waals surface area contributed by atoms with E-state index in [9.17, 15) is 14.4 Å². The molecule has 3 aromatic rings. The van der Waals surface area contributed by atoms with Crippen LogP contribution in [0.2, 0.25) is 0 Å². The summed E-state index contributed by atoms with van der Waals surface area (Å²) in [5.74, 6) is -0.357. The minimum absolute atomic E-state index is 0.124. The lowest BCUT2D eigenvalue weighted by Crippen LogP contribution is -2.30. The quantitative estimate of drug-likeness (QED) is 0.458. The number of para-hydroxylation sites is 2. The molecule has 1 aliphatic heterocycles. The van der Waals surface area contributed by atoms with Crippen LogP contribution in [0.1, 0.15) is 11.1 Å². The molecule has 0 bridgehead atoms. The Bertz CT molecular complexity index is 1190. The van der Waals surface area contributed by atoms with Crippen LogP contribution in [-0.2, 0) is 9.59 Å². The predicted molar refractivity (Wildman–Crippen MR) is 122 cm³/mol. The number of aryl methyl sites for hydroxylation is 1. The van der Waals surface area contributed by atoms with Crippen LogP contribution in [0.25, 0.3) is 6.08 Å². The first-order valence-corrected chi connectivity index (χ1v) is 10.0. The molecule has 0 unspecified atom stereocenters. The summed E-state index contributed by atoms with van der Waals surface area (Å²) in [4.78, 5) is 38.5. The Labute approximate surface area is 185 Å². The summed E-state index contributed by atoms with van der Waals surface area (Å²) < 4.78 is 5.68. The number of nitrogens with zero attached hydrogens (tertiary/aromatic N) is 1. The monoisotopic (exact) mass is 427 g/mol. The van der Waals surface area contributed by atoms with Gasteiger partial charge in [0.25, 0.3) is 11.8 Å². The largest absolute Gasteiger partial charge is 0.483 e. The van der Waals surface area contributed by atoms with Crippen LogP contribution < -0.4 is 20.3 Å². The number of benzene rings is 3. The van der Waals surface area contributed by atoms with E-state index in [2.05, 4.69) is 10.6 Å². The van der Waals surface area contributed by atoms with Crippen molar-refractivity contribution in [3.63, 3.8) is 0 Å². The zero-order valence-corrected chi connectivity index (χ0v) is 17.4. The first kappa shape index (κ1) is 20.9. The Balaban J connectivity index is 1.47. The highest BCUT2D eigenvalue weighted by Crippen LogP contribution is 2.25. The average molecular weight is 427 g/mol. The van der Waals surface area contributed by atoms with Gasteiger partial charge in [0, 0.05) is 11.3 Å². The van der Waals surface area contributed by atoms with E-state index in [0.717, 1.165) is 10.5 Å². The fourth-order valence-electron chi connectivity index (χ4n) is 3.21. The highest BCUT2D eigenvalue weighted by Gasteiger charge is 2.34. The molecule has 0 aromatic heterocycles. The van der Waals surface area contributed by atoms with E-state index >= 15 is 0 Å². The van der Waals surface area contributed by atoms with Gasteiger partial charge in [-0.05, 0) is 43.3 Å². The number of nitrogens with one attached hydrogen (secondary N) is 2. The smallest absolute Gasteiger partial charge is 0.333 e. The first-order chi connectivity index (χ1) is 15.5. The third-order valence-corrected chi connectivity index (χ3v) is 4.81. The Morgan fingerprint density at radius 2 is 1.66 bits per heavy atom. The molecule has 1 aliphatic rings. The number of urea groups is 1. The zero-order chi connectivity index (χ0) is 22.5. The van der Waals surface area contributed by atoms with E-state index in [1.807, 2.05) is 31.2 Å². The fourth-order valence-corrected chi connectivity index (χ4v) is 3.21. The lowest BCUT2D eigenvalue weighted by molar-refractivity contribution is -0.118. The molecule has 0 saturated carbocycles. The number of carbonyl (C=O) groups is 3. The van der Waals surface area contributed by atoms with E-state index in [-0.39, 0.29) is 18.2 Å². The first-order valence-electron chi connectivity index (χ1n) is 10.0. The Hall–Kier alpha value is -4.39. The summed E-state index contributed by atoms with van der Waals surface area (Å²) in [5.41, 5.74) is 2.95. The zero-order valence-electron chi connectivity index (χ0n) is 17.4. The van der Waals surface area contributed by atoms with Gasteiger partial charge in [-0.3, -0.25) is 9.59 Å². The van der Waals surface area contributed by atoms with Crippen LogP contribution in [0, 0.1) is 6.92 Å². The minimum atomic E-state index is -0.525. The molecule has 0 spiro atoms. The van der Waals surface area contributed by atoms with E-state index in [0.29, 0.717) is 22.7 Å². The van der Waals surface area contributed by atoms with Gasteiger partial charge in [0.2, 0.25) is 0 Å². The number of hydrogen-bond acceptors (Lipinski definition) is 4. The molecule has 1 heterocycles.